The van der Waals surface area contributed by atoms with Gasteiger partial charge in [0.05, 0.1) is 11.8 Å². The molecule has 0 aliphatic carbocycles. The maximum atomic E-state index is 13.1. The topological polar surface area (TPSA) is 38.0 Å². The van der Waals surface area contributed by atoms with Gasteiger partial charge in [-0.15, -0.1) is 0 Å². The van der Waals surface area contributed by atoms with E-state index in [9.17, 15) is 13.9 Å². The number of aromatic nitrogens is 2. The van der Waals surface area contributed by atoms with Gasteiger partial charge in [-0.25, -0.2) is 8.78 Å². The number of aliphatic hydroxyl groups excluding tert-OH is 1. The number of aliphatic hydroxyl groups is 1. The van der Waals surface area contributed by atoms with Gasteiger partial charge in [0.25, 0.3) is 0 Å². The van der Waals surface area contributed by atoms with Gasteiger partial charge in [-0.2, -0.15) is 5.10 Å². The maximum Gasteiger partial charge on any atom is 0.130 e. The van der Waals surface area contributed by atoms with Crippen LogP contribution in [0.5, 0.6) is 0 Å². The van der Waals surface area contributed by atoms with Crippen molar-refractivity contribution in [1.29, 1.82) is 0 Å². The van der Waals surface area contributed by atoms with Crippen LogP contribution in [0.1, 0.15) is 22.9 Å². The third kappa shape index (κ3) is 2.93. The van der Waals surface area contributed by atoms with E-state index in [4.69, 9.17) is 11.6 Å². The molecule has 1 aromatic carbocycles. The molecule has 0 saturated heterocycles. The minimum absolute atomic E-state index is 0.154. The average Bonchev–Trinajstić information content (AvgIpc) is 2.54. The van der Waals surface area contributed by atoms with Gasteiger partial charge >= 0.3 is 0 Å². The normalized spacial score (nSPS) is 12.7. The highest BCUT2D eigenvalue weighted by molar-refractivity contribution is 6.30. The van der Waals surface area contributed by atoms with Gasteiger partial charge in [-0.3, -0.25) is 4.68 Å². The summed E-state index contributed by atoms with van der Waals surface area (Å²) in [5.41, 5.74) is 1.53. The second kappa shape index (κ2) is 5.27. The molecule has 0 bridgehead atoms. The fourth-order valence-electron chi connectivity index (χ4n) is 1.98. The molecule has 0 saturated carbocycles. The summed E-state index contributed by atoms with van der Waals surface area (Å²) in [4.78, 5) is 0. The van der Waals surface area contributed by atoms with Gasteiger partial charge in [0.1, 0.15) is 16.8 Å². The molecule has 1 unspecified atom stereocenters. The molecular weight excluding hydrogens is 274 g/mol. The first kappa shape index (κ1) is 14.0. The van der Waals surface area contributed by atoms with Crippen LogP contribution in [0.25, 0.3) is 0 Å². The first-order valence-electron chi connectivity index (χ1n) is 5.70. The van der Waals surface area contributed by atoms with Gasteiger partial charge < -0.3 is 5.11 Å². The molecule has 1 N–H and O–H groups in total. The molecule has 1 atom stereocenters. The van der Waals surface area contributed by atoms with Crippen molar-refractivity contribution < 1.29 is 13.9 Å². The summed E-state index contributed by atoms with van der Waals surface area (Å²) in [7, 11) is 1.69. The van der Waals surface area contributed by atoms with E-state index < -0.39 is 17.7 Å². The molecule has 19 heavy (non-hydrogen) atoms. The molecule has 0 amide bonds. The highest BCUT2D eigenvalue weighted by Crippen LogP contribution is 2.26. The number of benzene rings is 1. The molecule has 0 aliphatic rings. The van der Waals surface area contributed by atoms with E-state index in [1.165, 1.54) is 4.68 Å². The standard InChI is InChI=1S/C13H13ClF2N2O/c1-7-11(13(14)18(2)17-7)6-12(19)8-3-9(15)5-10(16)4-8/h3-5,12,19H,6H2,1-2H3. The average molecular weight is 287 g/mol. The van der Waals surface area contributed by atoms with Crippen LogP contribution < -0.4 is 0 Å². The lowest BCUT2D eigenvalue weighted by Crippen LogP contribution is -2.04. The molecule has 3 nitrogen and oxygen atoms in total. The lowest BCUT2D eigenvalue weighted by Gasteiger charge is -2.11. The van der Waals surface area contributed by atoms with Gasteiger partial charge in [0.2, 0.25) is 0 Å². The van der Waals surface area contributed by atoms with E-state index in [1.807, 2.05) is 0 Å². The van der Waals surface area contributed by atoms with Gasteiger partial charge in [0.15, 0.2) is 0 Å². The van der Waals surface area contributed by atoms with Crippen molar-refractivity contribution in [2.24, 2.45) is 7.05 Å². The Labute approximate surface area is 114 Å². The zero-order chi connectivity index (χ0) is 14.2. The molecule has 0 radical (unpaired) electrons. The second-order valence-corrected chi connectivity index (χ2v) is 4.76. The first-order chi connectivity index (χ1) is 8.88. The molecule has 1 aromatic heterocycles. The van der Waals surface area contributed by atoms with E-state index >= 15 is 0 Å². The van der Waals surface area contributed by atoms with Crippen molar-refractivity contribution in [3.8, 4) is 0 Å². The van der Waals surface area contributed by atoms with Crippen molar-refractivity contribution >= 4 is 11.6 Å². The number of rotatable bonds is 3. The monoisotopic (exact) mass is 286 g/mol. The first-order valence-corrected chi connectivity index (χ1v) is 6.08. The summed E-state index contributed by atoms with van der Waals surface area (Å²) >= 11 is 6.05. The van der Waals surface area contributed by atoms with Gasteiger partial charge in [0, 0.05) is 25.1 Å². The molecule has 102 valence electrons. The van der Waals surface area contributed by atoms with Crippen LogP contribution in [-0.2, 0) is 13.5 Å². The van der Waals surface area contributed by atoms with Crippen LogP contribution in [0.2, 0.25) is 5.15 Å². The van der Waals surface area contributed by atoms with Crippen LogP contribution in [0.4, 0.5) is 8.78 Å². The van der Waals surface area contributed by atoms with Crippen molar-refractivity contribution in [2.45, 2.75) is 19.4 Å². The predicted molar refractivity (Wildman–Crippen MR) is 68.0 cm³/mol. The van der Waals surface area contributed by atoms with Crippen LogP contribution >= 0.6 is 11.6 Å². The fourth-order valence-corrected chi connectivity index (χ4v) is 2.24. The largest absolute Gasteiger partial charge is 0.388 e. The molecule has 0 fully saturated rings. The van der Waals surface area contributed by atoms with E-state index in [0.717, 1.165) is 18.2 Å². The summed E-state index contributed by atoms with van der Waals surface area (Å²) in [6.07, 6.45) is -0.882. The number of nitrogens with zero attached hydrogens (tertiary/aromatic N) is 2. The van der Waals surface area contributed by atoms with Crippen LogP contribution in [-0.4, -0.2) is 14.9 Å². The molecule has 6 heteroatoms. The smallest absolute Gasteiger partial charge is 0.130 e. The SMILES string of the molecule is Cc1nn(C)c(Cl)c1CC(O)c1cc(F)cc(F)c1. The maximum absolute atomic E-state index is 13.1. The molecule has 2 rings (SSSR count). The Bertz CT molecular complexity index is 593. The quantitative estimate of drug-likeness (QED) is 0.942. The Hall–Kier alpha value is -1.46. The van der Waals surface area contributed by atoms with E-state index in [2.05, 4.69) is 5.10 Å². The molecule has 0 spiro atoms. The summed E-state index contributed by atoms with van der Waals surface area (Å²) in [6, 6.07) is 2.97. The third-order valence-electron chi connectivity index (χ3n) is 2.94. The predicted octanol–water partition coefficient (Wildman–Crippen LogP) is 2.94. The van der Waals surface area contributed by atoms with Crippen LogP contribution in [0.15, 0.2) is 18.2 Å². The van der Waals surface area contributed by atoms with Crippen LogP contribution in [0.3, 0.4) is 0 Å². The Balaban J connectivity index is 2.27. The van der Waals surface area contributed by atoms with Crippen LogP contribution in [0, 0.1) is 18.6 Å². The van der Waals surface area contributed by atoms with Crippen molar-refractivity contribution in [3.05, 3.63) is 51.8 Å². The van der Waals surface area contributed by atoms with Crippen molar-refractivity contribution in [1.82, 2.24) is 9.78 Å². The molecule has 2 aromatic rings. The zero-order valence-corrected chi connectivity index (χ0v) is 11.2. The fraction of sp³-hybridized carbons (Fsp3) is 0.308. The van der Waals surface area contributed by atoms with E-state index in [0.29, 0.717) is 16.4 Å². The van der Waals surface area contributed by atoms with E-state index in [1.54, 1.807) is 14.0 Å². The molecule has 1 heterocycles. The van der Waals surface area contributed by atoms with E-state index in [-0.39, 0.29) is 12.0 Å². The highest BCUT2D eigenvalue weighted by Gasteiger charge is 2.17. The highest BCUT2D eigenvalue weighted by atomic mass is 35.5. The lowest BCUT2D eigenvalue weighted by molar-refractivity contribution is 0.177. The summed E-state index contributed by atoms with van der Waals surface area (Å²) < 4.78 is 27.7. The Morgan fingerprint density at radius 3 is 2.37 bits per heavy atom. The summed E-state index contributed by atoms with van der Waals surface area (Å²) in [5, 5.41) is 14.6. The number of hydrogen-bond acceptors (Lipinski definition) is 2. The zero-order valence-electron chi connectivity index (χ0n) is 10.5. The number of hydrogen-bond donors (Lipinski definition) is 1. The Morgan fingerprint density at radius 1 is 1.32 bits per heavy atom. The minimum Gasteiger partial charge on any atom is -0.388 e. The molecule has 0 aliphatic heterocycles. The second-order valence-electron chi connectivity index (χ2n) is 4.40. The Morgan fingerprint density at radius 2 is 1.89 bits per heavy atom. The van der Waals surface area contributed by atoms with Crippen molar-refractivity contribution in [2.75, 3.05) is 0 Å². The minimum atomic E-state index is -1.04. The molecular formula is C13H13ClF2N2O. The van der Waals surface area contributed by atoms with Crippen molar-refractivity contribution in [3.63, 3.8) is 0 Å². The summed E-state index contributed by atoms with van der Waals surface area (Å²) in [5.74, 6) is -1.44. The lowest BCUT2D eigenvalue weighted by atomic mass is 10.0. The third-order valence-corrected chi connectivity index (χ3v) is 3.41. The van der Waals surface area contributed by atoms with Gasteiger partial charge in [-0.1, -0.05) is 11.6 Å². The number of aryl methyl sites for hydroxylation is 2. The number of halogens is 3. The Kier molecular flexibility index (Phi) is 3.87. The summed E-state index contributed by atoms with van der Waals surface area (Å²) in [6.45, 7) is 1.76. The van der Waals surface area contributed by atoms with Gasteiger partial charge in [-0.05, 0) is 24.6 Å².